The van der Waals surface area contributed by atoms with Gasteiger partial charge in [-0.15, -0.1) is 0 Å². The van der Waals surface area contributed by atoms with E-state index >= 15 is 0 Å². The van der Waals surface area contributed by atoms with E-state index in [1.54, 1.807) is 4.68 Å². The number of rotatable bonds is 3. The lowest BCUT2D eigenvalue weighted by atomic mass is 9.98. The first-order chi connectivity index (χ1) is 12.5. The van der Waals surface area contributed by atoms with Gasteiger partial charge in [-0.05, 0) is 39.5 Å². The van der Waals surface area contributed by atoms with Crippen LogP contribution in [0, 0.1) is 0 Å². The highest BCUT2D eigenvalue weighted by atomic mass is 16.5. The van der Waals surface area contributed by atoms with Gasteiger partial charge in [0.05, 0.1) is 30.1 Å². The molecule has 6 nitrogen and oxygen atoms in total. The van der Waals surface area contributed by atoms with Gasteiger partial charge in [0.15, 0.2) is 0 Å². The van der Waals surface area contributed by atoms with Crippen LogP contribution in [0.15, 0.2) is 0 Å². The molecule has 1 aromatic heterocycles. The van der Waals surface area contributed by atoms with Gasteiger partial charge in [-0.3, -0.25) is 9.48 Å². The van der Waals surface area contributed by atoms with Gasteiger partial charge < -0.3 is 14.4 Å². The number of ether oxygens (including phenoxy) is 2. The summed E-state index contributed by atoms with van der Waals surface area (Å²) in [5, 5.41) is 4.59. The molecule has 26 heavy (non-hydrogen) atoms. The Bertz CT molecular complexity index is 658. The fourth-order valence-electron chi connectivity index (χ4n) is 4.77. The SMILES string of the molecule is C[C@@H]1Cc2c(nn(C)c2C(=O)N2CCC(OC3CCCC3)CC2)[C@H](C)O1. The highest BCUT2D eigenvalue weighted by Gasteiger charge is 2.34. The highest BCUT2D eigenvalue weighted by Crippen LogP contribution is 2.32. The molecular weight excluding hydrogens is 330 g/mol. The third kappa shape index (κ3) is 3.41. The molecule has 0 N–H and O–H groups in total. The fourth-order valence-corrected chi connectivity index (χ4v) is 4.77. The van der Waals surface area contributed by atoms with E-state index in [1.165, 1.54) is 25.7 Å². The maximum Gasteiger partial charge on any atom is 0.272 e. The molecule has 2 fully saturated rings. The Morgan fingerprint density at radius 2 is 1.77 bits per heavy atom. The maximum absolute atomic E-state index is 13.2. The van der Waals surface area contributed by atoms with Gasteiger partial charge in [0.1, 0.15) is 5.69 Å². The van der Waals surface area contributed by atoms with Crippen LogP contribution in [0.5, 0.6) is 0 Å². The summed E-state index contributed by atoms with van der Waals surface area (Å²) >= 11 is 0. The van der Waals surface area contributed by atoms with Crippen molar-refractivity contribution in [2.45, 2.75) is 83.2 Å². The van der Waals surface area contributed by atoms with Gasteiger partial charge in [-0.25, -0.2) is 0 Å². The fraction of sp³-hybridized carbons (Fsp3) is 0.800. The Labute approximate surface area is 155 Å². The number of carbonyl (C=O) groups is 1. The maximum atomic E-state index is 13.2. The molecule has 1 amide bonds. The molecule has 3 aliphatic rings. The predicted octanol–water partition coefficient (Wildman–Crippen LogP) is 3.01. The van der Waals surface area contributed by atoms with Crippen molar-refractivity contribution in [3.05, 3.63) is 17.0 Å². The number of fused-ring (bicyclic) bond motifs is 1. The first-order valence-electron chi connectivity index (χ1n) is 10.2. The highest BCUT2D eigenvalue weighted by molar-refractivity contribution is 5.94. The topological polar surface area (TPSA) is 56.6 Å². The van der Waals surface area contributed by atoms with Crippen molar-refractivity contribution in [3.63, 3.8) is 0 Å². The minimum atomic E-state index is -0.0490. The number of nitrogens with zero attached hydrogens (tertiary/aromatic N) is 3. The monoisotopic (exact) mass is 361 g/mol. The summed E-state index contributed by atoms with van der Waals surface area (Å²) in [4.78, 5) is 15.2. The van der Waals surface area contributed by atoms with E-state index in [1.807, 2.05) is 18.9 Å². The van der Waals surface area contributed by atoms with Crippen LogP contribution in [-0.2, 0) is 22.9 Å². The molecule has 0 spiro atoms. The Morgan fingerprint density at radius 3 is 2.46 bits per heavy atom. The zero-order valence-corrected chi connectivity index (χ0v) is 16.2. The zero-order valence-electron chi connectivity index (χ0n) is 16.2. The molecule has 4 rings (SSSR count). The van der Waals surface area contributed by atoms with Gasteiger partial charge in [0.25, 0.3) is 5.91 Å². The Balaban J connectivity index is 1.43. The van der Waals surface area contributed by atoms with Crippen LogP contribution in [0.4, 0.5) is 0 Å². The molecule has 0 aromatic carbocycles. The van der Waals surface area contributed by atoms with E-state index in [9.17, 15) is 4.79 Å². The first-order valence-corrected chi connectivity index (χ1v) is 10.2. The van der Waals surface area contributed by atoms with Crippen molar-refractivity contribution in [1.29, 1.82) is 0 Å². The molecular formula is C20H31N3O3. The molecule has 6 heteroatoms. The van der Waals surface area contributed by atoms with E-state index in [2.05, 4.69) is 12.0 Å². The standard InChI is InChI=1S/C20H31N3O3/c1-13-12-17-18(14(2)25-13)21-22(3)19(17)20(24)23-10-8-16(9-11-23)26-15-6-4-5-7-15/h13-16H,4-12H2,1-3H3/t13-,14+/m1/s1. The molecule has 0 bridgehead atoms. The molecule has 3 heterocycles. The van der Waals surface area contributed by atoms with Crippen molar-refractivity contribution in [1.82, 2.24) is 14.7 Å². The summed E-state index contributed by atoms with van der Waals surface area (Å²) in [5.41, 5.74) is 2.75. The summed E-state index contributed by atoms with van der Waals surface area (Å²) in [7, 11) is 1.87. The second kappa shape index (κ2) is 7.31. The van der Waals surface area contributed by atoms with Crippen LogP contribution in [0.25, 0.3) is 0 Å². The van der Waals surface area contributed by atoms with Crippen LogP contribution < -0.4 is 0 Å². The average Bonchev–Trinajstić information content (AvgIpc) is 3.22. The molecule has 0 radical (unpaired) electrons. The van der Waals surface area contributed by atoms with Crippen LogP contribution >= 0.6 is 0 Å². The zero-order chi connectivity index (χ0) is 18.3. The lowest BCUT2D eigenvalue weighted by molar-refractivity contribution is -0.0359. The van der Waals surface area contributed by atoms with Gasteiger partial charge in [-0.1, -0.05) is 12.8 Å². The largest absolute Gasteiger partial charge is 0.375 e. The van der Waals surface area contributed by atoms with Gasteiger partial charge in [0.2, 0.25) is 0 Å². The smallest absolute Gasteiger partial charge is 0.272 e. The molecule has 2 atom stereocenters. The molecule has 1 saturated carbocycles. The number of amides is 1. The average molecular weight is 361 g/mol. The Kier molecular flexibility index (Phi) is 5.06. The van der Waals surface area contributed by atoms with E-state index in [0.29, 0.717) is 12.2 Å². The summed E-state index contributed by atoms with van der Waals surface area (Å²) in [5.74, 6) is 0.113. The van der Waals surface area contributed by atoms with Crippen molar-refractivity contribution in [2.75, 3.05) is 13.1 Å². The van der Waals surface area contributed by atoms with Crippen LogP contribution in [0.1, 0.15) is 80.2 Å². The molecule has 2 aliphatic heterocycles. The van der Waals surface area contributed by atoms with E-state index < -0.39 is 0 Å². The minimum absolute atomic E-state index is 0.0490. The summed E-state index contributed by atoms with van der Waals surface area (Å²) in [6.45, 7) is 5.63. The first kappa shape index (κ1) is 18.0. The van der Waals surface area contributed by atoms with Crippen LogP contribution in [0.3, 0.4) is 0 Å². The number of aryl methyl sites for hydroxylation is 1. The summed E-state index contributed by atoms with van der Waals surface area (Å²) < 4.78 is 13.9. The number of aromatic nitrogens is 2. The predicted molar refractivity (Wildman–Crippen MR) is 98.1 cm³/mol. The molecule has 1 aromatic rings. The Morgan fingerprint density at radius 1 is 1.12 bits per heavy atom. The lowest BCUT2D eigenvalue weighted by Gasteiger charge is -2.33. The number of likely N-dealkylation sites (tertiary alicyclic amines) is 1. The second-order valence-corrected chi connectivity index (χ2v) is 8.16. The molecule has 0 unspecified atom stereocenters. The van der Waals surface area contributed by atoms with Gasteiger partial charge >= 0.3 is 0 Å². The quantitative estimate of drug-likeness (QED) is 0.830. The van der Waals surface area contributed by atoms with Gasteiger partial charge in [0, 0.05) is 32.1 Å². The van der Waals surface area contributed by atoms with Crippen LogP contribution in [0.2, 0.25) is 0 Å². The van der Waals surface area contributed by atoms with E-state index in [4.69, 9.17) is 9.47 Å². The summed E-state index contributed by atoms with van der Waals surface area (Å²) in [6.07, 6.45) is 8.50. The second-order valence-electron chi connectivity index (χ2n) is 8.16. The van der Waals surface area contributed by atoms with Crippen molar-refractivity contribution in [2.24, 2.45) is 7.05 Å². The third-order valence-corrected chi connectivity index (χ3v) is 6.11. The normalized spacial score (nSPS) is 27.7. The third-order valence-electron chi connectivity index (χ3n) is 6.11. The Hall–Kier alpha value is -1.40. The molecule has 1 saturated heterocycles. The molecule has 1 aliphatic carbocycles. The number of hydrogen-bond acceptors (Lipinski definition) is 4. The van der Waals surface area contributed by atoms with Crippen molar-refractivity contribution < 1.29 is 14.3 Å². The van der Waals surface area contributed by atoms with E-state index in [-0.39, 0.29) is 18.1 Å². The number of carbonyl (C=O) groups excluding carboxylic acids is 1. The van der Waals surface area contributed by atoms with Crippen LogP contribution in [-0.4, -0.2) is 52.0 Å². The lowest BCUT2D eigenvalue weighted by Crippen LogP contribution is -2.42. The number of piperidine rings is 1. The van der Waals surface area contributed by atoms with Crippen molar-refractivity contribution in [3.8, 4) is 0 Å². The summed E-state index contributed by atoms with van der Waals surface area (Å²) in [6, 6.07) is 0. The van der Waals surface area contributed by atoms with Crippen molar-refractivity contribution >= 4 is 5.91 Å². The van der Waals surface area contributed by atoms with Gasteiger partial charge in [-0.2, -0.15) is 5.10 Å². The number of hydrogen-bond donors (Lipinski definition) is 0. The minimum Gasteiger partial charge on any atom is -0.375 e. The van der Waals surface area contributed by atoms with E-state index in [0.717, 1.165) is 49.3 Å². The molecule has 144 valence electrons.